The molecule has 0 spiro atoms. The summed E-state index contributed by atoms with van der Waals surface area (Å²) >= 11 is 0. The molecule has 1 aliphatic heterocycles. The fourth-order valence-corrected chi connectivity index (χ4v) is 2.58. The van der Waals surface area contributed by atoms with Crippen molar-refractivity contribution in [3.63, 3.8) is 0 Å². The maximum Gasteiger partial charge on any atom is 0.316 e. The van der Waals surface area contributed by atoms with Crippen LogP contribution in [-0.2, 0) is 0 Å². The van der Waals surface area contributed by atoms with Gasteiger partial charge in [0.1, 0.15) is 11.4 Å². The molecule has 0 aromatic heterocycles. The van der Waals surface area contributed by atoms with Gasteiger partial charge in [0.25, 0.3) is 0 Å². The first-order valence-electron chi connectivity index (χ1n) is 6.30. The van der Waals surface area contributed by atoms with Crippen LogP contribution in [0.15, 0.2) is 18.2 Å². The fraction of sp³-hybridized carbons (Fsp3) is 0.500. The summed E-state index contributed by atoms with van der Waals surface area (Å²) in [6, 6.07) is 4.92. The second-order valence-corrected chi connectivity index (χ2v) is 4.60. The maximum absolute atomic E-state index is 11.3. The third-order valence-corrected chi connectivity index (χ3v) is 3.50. The molecule has 1 fully saturated rings. The molecule has 19 heavy (non-hydrogen) atoms. The van der Waals surface area contributed by atoms with Gasteiger partial charge in [-0.25, -0.2) is 0 Å². The van der Waals surface area contributed by atoms with Gasteiger partial charge in [-0.15, -0.1) is 0 Å². The van der Waals surface area contributed by atoms with Gasteiger partial charge in [0, 0.05) is 6.54 Å². The highest BCUT2D eigenvalue weighted by molar-refractivity contribution is 5.77. The van der Waals surface area contributed by atoms with Gasteiger partial charge in [-0.2, -0.15) is 0 Å². The lowest BCUT2D eigenvalue weighted by Gasteiger charge is -2.36. The number of anilines is 2. The second kappa shape index (κ2) is 5.85. The standard InChI is InChI=1S/C12H18N4O3/c13-14-10-5-3-6-11(12(10)16(18)19)15-7-2-1-4-9(15)8-17/h3,5-6,9,14,17H,1-2,4,7-8,13H2. The maximum atomic E-state index is 11.3. The van der Waals surface area contributed by atoms with E-state index in [9.17, 15) is 15.2 Å². The quantitative estimate of drug-likeness (QED) is 0.430. The predicted molar refractivity (Wildman–Crippen MR) is 73.0 cm³/mol. The number of benzene rings is 1. The summed E-state index contributed by atoms with van der Waals surface area (Å²) in [6.45, 7) is 0.706. The minimum absolute atomic E-state index is 0.00254. The zero-order valence-corrected chi connectivity index (χ0v) is 10.6. The van der Waals surface area contributed by atoms with Gasteiger partial charge in [0.2, 0.25) is 0 Å². The van der Waals surface area contributed by atoms with Crippen LogP contribution in [0.2, 0.25) is 0 Å². The van der Waals surface area contributed by atoms with Crippen molar-refractivity contribution in [3.05, 3.63) is 28.3 Å². The number of hydrogen-bond acceptors (Lipinski definition) is 6. The van der Waals surface area contributed by atoms with Crippen molar-refractivity contribution < 1.29 is 10.0 Å². The number of nitrogen functional groups attached to an aromatic ring is 1. The number of hydrazine groups is 1. The lowest BCUT2D eigenvalue weighted by atomic mass is 10.0. The molecule has 1 atom stereocenters. The summed E-state index contributed by atoms with van der Waals surface area (Å²) in [4.78, 5) is 12.7. The number of nitrogens with two attached hydrogens (primary N) is 1. The SMILES string of the molecule is NNc1cccc(N2CCCCC2CO)c1[N+](=O)[O-]. The number of piperidine rings is 1. The van der Waals surface area contributed by atoms with Gasteiger partial charge >= 0.3 is 5.69 Å². The van der Waals surface area contributed by atoms with Crippen LogP contribution in [0.1, 0.15) is 19.3 Å². The number of nitro groups is 1. The Balaban J connectivity index is 2.45. The molecule has 0 radical (unpaired) electrons. The topological polar surface area (TPSA) is 105 Å². The first kappa shape index (κ1) is 13.6. The Morgan fingerprint density at radius 3 is 2.95 bits per heavy atom. The van der Waals surface area contributed by atoms with Gasteiger partial charge in [-0.1, -0.05) is 6.07 Å². The Hall–Kier alpha value is -1.86. The Labute approximate surface area is 111 Å². The zero-order chi connectivity index (χ0) is 13.8. The van der Waals surface area contributed by atoms with E-state index in [0.29, 0.717) is 12.2 Å². The molecule has 0 amide bonds. The molecule has 0 saturated carbocycles. The summed E-state index contributed by atoms with van der Waals surface area (Å²) in [5.41, 5.74) is 3.12. The van der Waals surface area contributed by atoms with Crippen molar-refractivity contribution in [1.29, 1.82) is 0 Å². The van der Waals surface area contributed by atoms with Gasteiger partial charge in [-0.05, 0) is 31.4 Å². The van der Waals surface area contributed by atoms with Crippen LogP contribution in [0.25, 0.3) is 0 Å². The van der Waals surface area contributed by atoms with E-state index in [0.717, 1.165) is 19.3 Å². The molecular weight excluding hydrogens is 248 g/mol. The van der Waals surface area contributed by atoms with Crippen LogP contribution in [-0.4, -0.2) is 29.2 Å². The Bertz CT molecular complexity index is 466. The summed E-state index contributed by atoms with van der Waals surface area (Å²) in [5, 5.41) is 20.7. The van der Waals surface area contributed by atoms with Crippen LogP contribution >= 0.6 is 0 Å². The van der Waals surface area contributed by atoms with Crippen LogP contribution < -0.4 is 16.2 Å². The molecule has 1 saturated heterocycles. The van der Waals surface area contributed by atoms with E-state index in [4.69, 9.17) is 5.84 Å². The second-order valence-electron chi connectivity index (χ2n) is 4.60. The number of nitrogens with one attached hydrogen (secondary N) is 1. The highest BCUT2D eigenvalue weighted by Gasteiger charge is 2.29. The first-order chi connectivity index (χ1) is 9.19. The van der Waals surface area contributed by atoms with Gasteiger partial charge in [0.05, 0.1) is 17.6 Å². The van der Waals surface area contributed by atoms with Crippen LogP contribution in [0.3, 0.4) is 0 Å². The first-order valence-corrected chi connectivity index (χ1v) is 6.30. The average molecular weight is 266 g/mol. The molecule has 0 aliphatic carbocycles. The van der Waals surface area contributed by atoms with E-state index < -0.39 is 4.92 Å². The molecule has 7 nitrogen and oxygen atoms in total. The molecule has 1 aromatic carbocycles. The van der Waals surface area contributed by atoms with Crippen molar-refractivity contribution in [1.82, 2.24) is 0 Å². The molecular formula is C12H18N4O3. The minimum Gasteiger partial charge on any atom is -0.394 e. The molecule has 4 N–H and O–H groups in total. The number of rotatable bonds is 4. The van der Waals surface area contributed by atoms with E-state index >= 15 is 0 Å². The zero-order valence-electron chi connectivity index (χ0n) is 10.6. The number of aliphatic hydroxyl groups is 1. The summed E-state index contributed by atoms with van der Waals surface area (Å²) < 4.78 is 0. The van der Waals surface area contributed by atoms with Gasteiger partial charge in [-0.3, -0.25) is 16.0 Å². The Morgan fingerprint density at radius 1 is 1.53 bits per heavy atom. The fourth-order valence-electron chi connectivity index (χ4n) is 2.58. The lowest BCUT2D eigenvalue weighted by molar-refractivity contribution is -0.383. The van der Waals surface area contributed by atoms with E-state index in [1.807, 2.05) is 4.90 Å². The van der Waals surface area contributed by atoms with Crippen LogP contribution in [0.4, 0.5) is 17.1 Å². The van der Waals surface area contributed by atoms with Crippen molar-refractivity contribution in [2.75, 3.05) is 23.5 Å². The minimum atomic E-state index is -0.437. The van der Waals surface area contributed by atoms with Crippen molar-refractivity contribution in [2.45, 2.75) is 25.3 Å². The number of para-hydroxylation sites is 1. The van der Waals surface area contributed by atoms with Gasteiger partial charge < -0.3 is 15.4 Å². The third-order valence-electron chi connectivity index (χ3n) is 3.50. The van der Waals surface area contributed by atoms with Crippen molar-refractivity contribution in [2.24, 2.45) is 5.84 Å². The molecule has 2 rings (SSSR count). The molecule has 1 aliphatic rings. The molecule has 1 aromatic rings. The number of nitrogens with zero attached hydrogens (tertiary/aromatic N) is 2. The normalized spacial score (nSPS) is 19.3. The number of hydrogen-bond donors (Lipinski definition) is 3. The van der Waals surface area contributed by atoms with Crippen LogP contribution in [0, 0.1) is 10.1 Å². The van der Waals surface area contributed by atoms with Crippen molar-refractivity contribution in [3.8, 4) is 0 Å². The molecule has 1 heterocycles. The smallest absolute Gasteiger partial charge is 0.316 e. The number of nitro benzene ring substituents is 1. The highest BCUT2D eigenvalue weighted by atomic mass is 16.6. The Kier molecular flexibility index (Phi) is 4.18. The molecule has 1 unspecified atom stereocenters. The van der Waals surface area contributed by atoms with E-state index in [1.165, 1.54) is 0 Å². The Morgan fingerprint density at radius 2 is 2.32 bits per heavy atom. The van der Waals surface area contributed by atoms with Crippen LogP contribution in [0.5, 0.6) is 0 Å². The summed E-state index contributed by atoms with van der Waals surface area (Å²) in [6.07, 6.45) is 2.84. The largest absolute Gasteiger partial charge is 0.394 e. The molecule has 0 bridgehead atoms. The lowest BCUT2D eigenvalue weighted by Crippen LogP contribution is -2.42. The van der Waals surface area contributed by atoms with E-state index in [-0.39, 0.29) is 24.0 Å². The number of aliphatic hydroxyl groups excluding tert-OH is 1. The van der Waals surface area contributed by atoms with E-state index in [1.54, 1.807) is 18.2 Å². The summed E-state index contributed by atoms with van der Waals surface area (Å²) in [7, 11) is 0. The van der Waals surface area contributed by atoms with Crippen molar-refractivity contribution >= 4 is 17.1 Å². The van der Waals surface area contributed by atoms with E-state index in [2.05, 4.69) is 5.43 Å². The monoisotopic (exact) mass is 266 g/mol. The highest BCUT2D eigenvalue weighted by Crippen LogP contribution is 2.37. The summed E-state index contributed by atoms with van der Waals surface area (Å²) in [5.74, 6) is 5.33. The molecule has 7 heteroatoms. The third kappa shape index (κ3) is 2.61. The average Bonchev–Trinajstić information content (AvgIpc) is 2.46. The molecule has 104 valence electrons. The van der Waals surface area contributed by atoms with Gasteiger partial charge in [0.15, 0.2) is 0 Å². The predicted octanol–water partition coefficient (Wildman–Crippen LogP) is 1.23.